The zero-order valence-electron chi connectivity index (χ0n) is 14.4. The smallest absolute Gasteiger partial charge is 0.337 e. The van der Waals surface area contributed by atoms with Gasteiger partial charge in [-0.3, -0.25) is 4.99 Å². The first-order valence-corrected chi connectivity index (χ1v) is 8.37. The van der Waals surface area contributed by atoms with Crippen LogP contribution in [0.1, 0.15) is 21.5 Å². The number of rotatable bonds is 6. The Morgan fingerprint density at radius 2 is 1.84 bits per heavy atom. The highest BCUT2D eigenvalue weighted by Gasteiger charge is 2.05. The lowest BCUT2D eigenvalue weighted by Crippen LogP contribution is -2.37. The van der Waals surface area contributed by atoms with Crippen molar-refractivity contribution in [3.05, 3.63) is 70.2 Å². The van der Waals surface area contributed by atoms with Gasteiger partial charge in [-0.15, -0.1) is 0 Å². The molecule has 25 heavy (non-hydrogen) atoms. The minimum Gasteiger partial charge on any atom is -0.465 e. The largest absolute Gasteiger partial charge is 0.465 e. The van der Waals surface area contributed by atoms with E-state index in [9.17, 15) is 4.79 Å². The van der Waals surface area contributed by atoms with Crippen LogP contribution in [-0.4, -0.2) is 32.6 Å². The van der Waals surface area contributed by atoms with Crippen LogP contribution in [0.25, 0.3) is 0 Å². The van der Waals surface area contributed by atoms with Crippen molar-refractivity contribution in [2.45, 2.75) is 13.0 Å². The number of esters is 1. The molecule has 0 amide bonds. The van der Waals surface area contributed by atoms with E-state index in [4.69, 9.17) is 11.6 Å². The molecule has 2 aromatic rings. The summed E-state index contributed by atoms with van der Waals surface area (Å²) >= 11 is 6.15. The number of guanidine groups is 1. The summed E-state index contributed by atoms with van der Waals surface area (Å²) in [6.07, 6.45) is 0.814. The molecule has 2 aromatic carbocycles. The minimum absolute atomic E-state index is 0.337. The first kappa shape index (κ1) is 18.8. The predicted octanol–water partition coefficient (Wildman–Crippen LogP) is 3.03. The molecule has 0 atom stereocenters. The fourth-order valence-corrected chi connectivity index (χ4v) is 2.53. The quantitative estimate of drug-likeness (QED) is 0.473. The highest BCUT2D eigenvalue weighted by Crippen LogP contribution is 2.14. The van der Waals surface area contributed by atoms with Gasteiger partial charge >= 0.3 is 5.97 Å². The van der Waals surface area contributed by atoms with Crippen molar-refractivity contribution in [3.63, 3.8) is 0 Å². The summed E-state index contributed by atoms with van der Waals surface area (Å²) in [6.45, 7) is 1.33. The molecule has 2 rings (SSSR count). The molecule has 132 valence electrons. The number of hydrogen-bond acceptors (Lipinski definition) is 3. The van der Waals surface area contributed by atoms with E-state index in [0.29, 0.717) is 18.1 Å². The number of benzene rings is 2. The van der Waals surface area contributed by atoms with Crippen molar-refractivity contribution >= 4 is 23.5 Å². The summed E-state index contributed by atoms with van der Waals surface area (Å²) in [7, 11) is 3.10. The molecule has 0 bridgehead atoms. The van der Waals surface area contributed by atoms with E-state index in [-0.39, 0.29) is 5.97 Å². The topological polar surface area (TPSA) is 62.7 Å². The molecule has 0 unspecified atom stereocenters. The van der Waals surface area contributed by atoms with Gasteiger partial charge in [0, 0.05) is 25.2 Å². The van der Waals surface area contributed by atoms with Crippen LogP contribution in [0.4, 0.5) is 0 Å². The molecule has 6 heteroatoms. The lowest BCUT2D eigenvalue weighted by Gasteiger charge is -2.12. The first-order valence-electron chi connectivity index (χ1n) is 7.99. The lowest BCUT2D eigenvalue weighted by molar-refractivity contribution is 0.0600. The van der Waals surface area contributed by atoms with E-state index in [2.05, 4.69) is 20.4 Å². The van der Waals surface area contributed by atoms with Crippen molar-refractivity contribution in [2.75, 3.05) is 20.7 Å². The van der Waals surface area contributed by atoms with Crippen LogP contribution in [0.15, 0.2) is 53.5 Å². The van der Waals surface area contributed by atoms with Gasteiger partial charge < -0.3 is 15.4 Å². The molecular weight excluding hydrogens is 338 g/mol. The summed E-state index contributed by atoms with van der Waals surface area (Å²) < 4.78 is 4.69. The molecule has 0 spiro atoms. The van der Waals surface area contributed by atoms with Crippen molar-refractivity contribution in [3.8, 4) is 0 Å². The van der Waals surface area contributed by atoms with Gasteiger partial charge in [0.15, 0.2) is 5.96 Å². The average molecular weight is 360 g/mol. The molecule has 0 aliphatic rings. The van der Waals surface area contributed by atoms with Crippen LogP contribution < -0.4 is 10.6 Å². The van der Waals surface area contributed by atoms with E-state index in [1.54, 1.807) is 19.2 Å². The highest BCUT2D eigenvalue weighted by atomic mass is 35.5. The number of ether oxygens (including phenoxy) is 1. The SMILES string of the molecule is CN=C(NCCc1ccccc1Cl)NCc1ccc(C(=O)OC)cc1. The zero-order chi connectivity index (χ0) is 18.1. The molecule has 0 aliphatic carbocycles. The third-order valence-electron chi connectivity index (χ3n) is 3.70. The molecule has 0 saturated heterocycles. The molecule has 0 heterocycles. The average Bonchev–Trinajstić information content (AvgIpc) is 2.65. The number of methoxy groups -OCH3 is 1. The maximum atomic E-state index is 11.4. The Bertz CT molecular complexity index is 730. The van der Waals surface area contributed by atoms with Crippen molar-refractivity contribution in [2.24, 2.45) is 4.99 Å². The molecule has 0 fully saturated rings. The van der Waals surface area contributed by atoms with Gasteiger partial charge in [-0.2, -0.15) is 0 Å². The molecule has 0 aliphatic heterocycles. The Hall–Kier alpha value is -2.53. The molecule has 2 N–H and O–H groups in total. The van der Waals surface area contributed by atoms with Gasteiger partial charge in [-0.05, 0) is 35.7 Å². The van der Waals surface area contributed by atoms with Crippen LogP contribution in [0.2, 0.25) is 5.02 Å². The number of carbonyl (C=O) groups is 1. The highest BCUT2D eigenvalue weighted by molar-refractivity contribution is 6.31. The monoisotopic (exact) mass is 359 g/mol. The van der Waals surface area contributed by atoms with E-state index < -0.39 is 0 Å². The summed E-state index contributed by atoms with van der Waals surface area (Å²) in [5.74, 6) is 0.376. The summed E-state index contributed by atoms with van der Waals surface area (Å²) in [5.41, 5.74) is 2.68. The van der Waals surface area contributed by atoms with Crippen molar-refractivity contribution < 1.29 is 9.53 Å². The van der Waals surface area contributed by atoms with Crippen molar-refractivity contribution in [1.82, 2.24) is 10.6 Å². The van der Waals surface area contributed by atoms with Gasteiger partial charge in [0.1, 0.15) is 0 Å². The lowest BCUT2D eigenvalue weighted by atomic mass is 10.1. The fourth-order valence-electron chi connectivity index (χ4n) is 2.30. The maximum Gasteiger partial charge on any atom is 0.337 e. The summed E-state index contributed by atoms with van der Waals surface area (Å²) in [4.78, 5) is 15.6. The summed E-state index contributed by atoms with van der Waals surface area (Å²) in [6, 6.07) is 15.1. The standard InChI is InChI=1S/C19H22ClN3O2/c1-21-19(22-12-11-15-5-3-4-6-17(15)20)23-13-14-7-9-16(10-8-14)18(24)25-2/h3-10H,11-13H2,1-2H3,(H2,21,22,23). The van der Waals surface area contributed by atoms with Crippen molar-refractivity contribution in [1.29, 1.82) is 0 Å². The molecule has 0 aromatic heterocycles. The van der Waals surface area contributed by atoms with Gasteiger partial charge in [0.25, 0.3) is 0 Å². The fraction of sp³-hybridized carbons (Fsp3) is 0.263. The van der Waals surface area contributed by atoms with Crippen LogP contribution in [0.5, 0.6) is 0 Å². The summed E-state index contributed by atoms with van der Waals surface area (Å²) in [5, 5.41) is 7.28. The Morgan fingerprint density at radius 1 is 1.12 bits per heavy atom. The van der Waals surface area contributed by atoms with Gasteiger partial charge in [0.05, 0.1) is 12.7 Å². The van der Waals surface area contributed by atoms with E-state index in [1.165, 1.54) is 7.11 Å². The normalized spacial score (nSPS) is 11.1. The number of carbonyl (C=O) groups excluding carboxylic acids is 1. The van der Waals surface area contributed by atoms with Gasteiger partial charge in [-0.1, -0.05) is 41.9 Å². The second kappa shape index (κ2) is 9.69. The third-order valence-corrected chi connectivity index (χ3v) is 4.07. The van der Waals surface area contributed by atoms with E-state index in [0.717, 1.165) is 29.1 Å². The predicted molar refractivity (Wildman–Crippen MR) is 101 cm³/mol. The Labute approximate surface area is 153 Å². The molecule has 0 saturated carbocycles. The molecule has 5 nitrogen and oxygen atoms in total. The number of nitrogens with one attached hydrogen (secondary N) is 2. The number of halogens is 1. The third kappa shape index (κ3) is 5.80. The second-order valence-electron chi connectivity index (χ2n) is 5.38. The Balaban J connectivity index is 1.80. The minimum atomic E-state index is -0.337. The Kier molecular flexibility index (Phi) is 7.29. The van der Waals surface area contributed by atoms with Crippen LogP contribution in [0.3, 0.4) is 0 Å². The first-order chi connectivity index (χ1) is 12.1. The number of aliphatic imine (C=N–C) groups is 1. The van der Waals surface area contributed by atoms with E-state index >= 15 is 0 Å². The zero-order valence-corrected chi connectivity index (χ0v) is 15.1. The van der Waals surface area contributed by atoms with Crippen LogP contribution in [-0.2, 0) is 17.7 Å². The maximum absolute atomic E-state index is 11.4. The van der Waals surface area contributed by atoms with Crippen LogP contribution >= 0.6 is 11.6 Å². The van der Waals surface area contributed by atoms with E-state index in [1.807, 2.05) is 36.4 Å². The van der Waals surface area contributed by atoms with Gasteiger partial charge in [0.2, 0.25) is 0 Å². The number of nitrogens with zero attached hydrogens (tertiary/aromatic N) is 1. The van der Waals surface area contributed by atoms with Crippen LogP contribution in [0, 0.1) is 0 Å². The molecular formula is C19H22ClN3O2. The second-order valence-corrected chi connectivity index (χ2v) is 5.79. The van der Waals surface area contributed by atoms with Gasteiger partial charge in [-0.25, -0.2) is 4.79 Å². The Morgan fingerprint density at radius 3 is 2.48 bits per heavy atom. The number of hydrogen-bond donors (Lipinski definition) is 2. The molecule has 0 radical (unpaired) electrons.